The van der Waals surface area contributed by atoms with Gasteiger partial charge in [-0.1, -0.05) is 146 Å². The first-order valence-electron chi connectivity index (χ1n) is 19.2. The van der Waals surface area contributed by atoms with Gasteiger partial charge in [-0.15, -0.1) is 0 Å². The average molecular weight is 935 g/mol. The van der Waals surface area contributed by atoms with Crippen LogP contribution in [0.3, 0.4) is 0 Å². The zero-order valence-electron chi connectivity index (χ0n) is 32.1. The van der Waals surface area contributed by atoms with Gasteiger partial charge in [-0.25, -0.2) is 0 Å². The summed E-state index contributed by atoms with van der Waals surface area (Å²) in [5, 5.41) is 11.4. The van der Waals surface area contributed by atoms with Gasteiger partial charge in [0.1, 0.15) is 65.7 Å². The van der Waals surface area contributed by atoms with Gasteiger partial charge in [0.15, 0.2) is 0 Å². The van der Waals surface area contributed by atoms with Crippen molar-refractivity contribution in [3.63, 3.8) is 0 Å². The molecule has 0 unspecified atom stereocenters. The van der Waals surface area contributed by atoms with Crippen LogP contribution in [0.5, 0.6) is 0 Å². The zero-order valence-corrected chi connectivity index (χ0v) is 38.7. The molecule has 0 bridgehead atoms. The minimum absolute atomic E-state index is 0.964. The third-order valence-electron chi connectivity index (χ3n) is 9.51. The van der Waals surface area contributed by atoms with Gasteiger partial charge in [-0.2, -0.15) is 0 Å². The summed E-state index contributed by atoms with van der Waals surface area (Å²) in [7, 11) is -3.86. The Kier molecular flexibility index (Phi) is 18.6. The summed E-state index contributed by atoms with van der Waals surface area (Å²) in [6, 6.07) is 87.5. The molecule has 6 heteroatoms. The predicted octanol–water partition coefficient (Wildman–Crippen LogP) is 11.2. The summed E-state index contributed by atoms with van der Waals surface area (Å²) < 4.78 is 0. The molecule has 0 aliphatic rings. The summed E-state index contributed by atoms with van der Waals surface area (Å²) in [4.78, 5) is 0. The summed E-state index contributed by atoms with van der Waals surface area (Å²) in [5.74, 6) is 10.0. The van der Waals surface area contributed by atoms with Crippen LogP contribution in [0.15, 0.2) is 266 Å². The van der Waals surface area contributed by atoms with Gasteiger partial charge in [-0.3, -0.25) is 0 Å². The fourth-order valence-electron chi connectivity index (χ4n) is 6.71. The van der Waals surface area contributed by atoms with E-state index in [0.29, 0.717) is 0 Å². The molecule has 0 fully saturated rings. The Labute approximate surface area is 365 Å². The number of benzene rings is 8. The first kappa shape index (κ1) is 43.5. The van der Waals surface area contributed by atoms with E-state index in [1.54, 1.807) is 0 Å². The molecular formula is C52H48BrNiP4+4. The number of rotatable bonds is 12. The first-order chi connectivity index (χ1) is 28.8. The Balaban J connectivity index is 0.000000188. The maximum absolute atomic E-state index is 3.69. The van der Waals surface area contributed by atoms with E-state index in [0.717, 1.165) is 0 Å². The van der Waals surface area contributed by atoms with E-state index in [1.165, 1.54) is 42.4 Å². The second-order valence-electron chi connectivity index (χ2n) is 13.2. The van der Waals surface area contributed by atoms with E-state index >= 15 is 0 Å². The molecule has 58 heavy (non-hydrogen) atoms. The van der Waals surface area contributed by atoms with Gasteiger partial charge in [0.05, 0.1) is 31.7 Å². The van der Waals surface area contributed by atoms with Crippen LogP contribution in [0.1, 0.15) is 0 Å². The molecule has 0 spiro atoms. The normalized spacial score (nSPS) is 11.1. The molecule has 0 N–H and O–H groups in total. The molecule has 0 aliphatic carbocycles. The standard InChI is InChI=1S/2C26H22P2.BrH.Ni/c2*1-5-13-23(14-6-1)27(24-15-7-2-8-16-24)21-22-28(25-17-9-3-10-18-25)26-19-11-4-12-20-26;;/h2*1-22H;1H;/q;;;+1/p+3. The third kappa shape index (κ3) is 13.0. The van der Waals surface area contributed by atoms with Gasteiger partial charge < -0.3 is 0 Å². The van der Waals surface area contributed by atoms with Gasteiger partial charge in [-0.05, 0) is 97.1 Å². The molecule has 0 saturated heterocycles. The van der Waals surface area contributed by atoms with Crippen LogP contribution in [0.2, 0.25) is 0 Å². The first-order valence-corrected chi connectivity index (χ1v) is 28.0. The van der Waals surface area contributed by atoms with Crippen molar-refractivity contribution >= 4 is 88.3 Å². The van der Waals surface area contributed by atoms with Crippen molar-refractivity contribution in [3.05, 3.63) is 266 Å². The zero-order chi connectivity index (χ0) is 40.0. The van der Waals surface area contributed by atoms with Gasteiger partial charge in [0.2, 0.25) is 0 Å². The van der Waals surface area contributed by atoms with Crippen molar-refractivity contribution in [2.24, 2.45) is 0 Å². The molecule has 0 aromatic heterocycles. The molecule has 8 aromatic carbocycles. The monoisotopic (exact) mass is 933 g/mol. The van der Waals surface area contributed by atoms with Crippen molar-refractivity contribution in [2.45, 2.75) is 0 Å². The second kappa shape index (κ2) is 24.8. The van der Waals surface area contributed by atoms with Crippen molar-refractivity contribution in [1.29, 1.82) is 0 Å². The van der Waals surface area contributed by atoms with E-state index in [2.05, 4.69) is 294 Å². The molecule has 0 radical (unpaired) electrons. The van der Waals surface area contributed by atoms with Crippen LogP contribution in [0, 0.1) is 0 Å². The van der Waals surface area contributed by atoms with E-state index in [-0.39, 0.29) is 0 Å². The molecule has 0 nitrogen and oxygen atoms in total. The maximum atomic E-state index is 3.69. The molecule has 8 rings (SSSR count). The summed E-state index contributed by atoms with van der Waals surface area (Å²) >= 11 is 6.25. The van der Waals surface area contributed by atoms with Crippen LogP contribution in [-0.4, -0.2) is 0 Å². The Morgan fingerprint density at radius 3 is 0.414 bits per heavy atom. The molecule has 289 valence electrons. The topological polar surface area (TPSA) is 0 Å². The van der Waals surface area contributed by atoms with E-state index < -0.39 is 31.7 Å². The van der Waals surface area contributed by atoms with E-state index in [1.807, 2.05) is 0 Å². The molecule has 8 aromatic rings. The fourth-order valence-corrected chi connectivity index (χ4v) is 16.7. The molecule has 0 atom stereocenters. The van der Waals surface area contributed by atoms with Crippen LogP contribution in [-0.2, 0) is 13.7 Å². The Morgan fingerprint density at radius 1 is 0.207 bits per heavy atom. The summed E-state index contributed by atoms with van der Waals surface area (Å²) in [6.45, 7) is 0. The van der Waals surface area contributed by atoms with Crippen LogP contribution in [0.4, 0.5) is 0 Å². The fraction of sp³-hybridized carbons (Fsp3) is 0. The Bertz CT molecular complexity index is 1850. The average Bonchev–Trinajstić information content (AvgIpc) is 3.32. The van der Waals surface area contributed by atoms with E-state index in [4.69, 9.17) is 0 Å². The van der Waals surface area contributed by atoms with Crippen molar-refractivity contribution < 1.29 is 13.7 Å². The van der Waals surface area contributed by atoms with Crippen molar-refractivity contribution in [1.82, 2.24) is 0 Å². The summed E-state index contributed by atoms with van der Waals surface area (Å²) in [6.07, 6.45) is 0. The second-order valence-corrected chi connectivity index (χ2v) is 22.5. The quantitative estimate of drug-likeness (QED) is 0.0846. The third-order valence-corrected chi connectivity index (χ3v) is 19.8. The molecule has 0 heterocycles. The van der Waals surface area contributed by atoms with Crippen LogP contribution in [0.25, 0.3) is 0 Å². The van der Waals surface area contributed by atoms with E-state index in [9.17, 15) is 0 Å². The predicted molar refractivity (Wildman–Crippen MR) is 269 cm³/mol. The Hall–Kier alpha value is -4.07. The summed E-state index contributed by atoms with van der Waals surface area (Å²) in [5.41, 5.74) is 0. The molecular weight excluding hydrogens is 887 g/mol. The van der Waals surface area contributed by atoms with Gasteiger partial charge in [0.25, 0.3) is 0 Å². The van der Waals surface area contributed by atoms with Crippen molar-refractivity contribution in [3.8, 4) is 0 Å². The van der Waals surface area contributed by atoms with Crippen molar-refractivity contribution in [2.75, 3.05) is 0 Å². The van der Waals surface area contributed by atoms with Gasteiger partial charge >= 0.3 is 27.9 Å². The van der Waals surface area contributed by atoms with Crippen LogP contribution < -0.4 is 42.4 Å². The molecule has 0 amide bonds. The number of hydrogen-bond acceptors (Lipinski definition) is 0. The number of halogens is 1. The molecule has 0 saturated carbocycles. The van der Waals surface area contributed by atoms with Crippen LogP contribution >= 0.6 is 45.9 Å². The molecule has 0 aliphatic heterocycles. The van der Waals surface area contributed by atoms with Gasteiger partial charge in [0, 0.05) is 0 Å². The number of hydrogen-bond donors (Lipinski definition) is 0. The minimum atomic E-state index is -0.964. The SMILES string of the molecule is C(=C[PH+](c1ccccc1)c1ccccc1)[PH+](c1ccccc1)c1ccccc1.C(=C[PH+](c1ccccc1)c1ccccc1)[PH+](c1ccccc1)c1ccccc1.[Ni][Br]. The Morgan fingerprint density at radius 2 is 0.310 bits per heavy atom.